The molecule has 1 saturated carbocycles. The molecule has 4 heteroatoms. The Labute approximate surface area is 120 Å². The van der Waals surface area contributed by atoms with Crippen LogP contribution in [-0.4, -0.2) is 44.2 Å². The van der Waals surface area contributed by atoms with Crippen molar-refractivity contribution in [1.29, 1.82) is 0 Å². The van der Waals surface area contributed by atoms with E-state index in [1.54, 1.807) is 6.07 Å². The van der Waals surface area contributed by atoms with E-state index >= 15 is 0 Å². The SMILES string of the molecule is CN(C)C1CCN(c2c(F)cccc2CNC2CC2)C1. The number of nitrogens with one attached hydrogen (secondary N) is 1. The van der Waals surface area contributed by atoms with Gasteiger partial charge in [0.2, 0.25) is 0 Å². The van der Waals surface area contributed by atoms with Gasteiger partial charge in [-0.25, -0.2) is 4.39 Å². The van der Waals surface area contributed by atoms with Crippen molar-refractivity contribution < 1.29 is 4.39 Å². The summed E-state index contributed by atoms with van der Waals surface area (Å²) in [4.78, 5) is 4.45. The van der Waals surface area contributed by atoms with E-state index in [2.05, 4.69) is 35.3 Å². The minimum absolute atomic E-state index is 0.0838. The van der Waals surface area contributed by atoms with E-state index in [4.69, 9.17) is 0 Å². The topological polar surface area (TPSA) is 18.5 Å². The Balaban J connectivity index is 1.76. The van der Waals surface area contributed by atoms with Crippen LogP contribution in [0.2, 0.25) is 0 Å². The largest absolute Gasteiger partial charge is 0.367 e. The molecule has 2 fully saturated rings. The number of hydrogen-bond acceptors (Lipinski definition) is 3. The number of anilines is 1. The van der Waals surface area contributed by atoms with Crippen molar-refractivity contribution in [2.75, 3.05) is 32.1 Å². The normalized spacial score (nSPS) is 22.8. The zero-order valence-corrected chi connectivity index (χ0v) is 12.4. The van der Waals surface area contributed by atoms with E-state index in [0.717, 1.165) is 37.3 Å². The molecule has 1 aromatic carbocycles. The minimum Gasteiger partial charge on any atom is -0.367 e. The first kappa shape index (κ1) is 13.8. The Morgan fingerprint density at radius 1 is 1.30 bits per heavy atom. The van der Waals surface area contributed by atoms with Gasteiger partial charge in [0.05, 0.1) is 5.69 Å². The fourth-order valence-electron chi connectivity index (χ4n) is 2.96. The van der Waals surface area contributed by atoms with Gasteiger partial charge in [0.15, 0.2) is 0 Å². The molecule has 1 saturated heterocycles. The average Bonchev–Trinajstić information content (AvgIpc) is 3.12. The Hall–Kier alpha value is -1.13. The van der Waals surface area contributed by atoms with E-state index in [1.165, 1.54) is 12.8 Å². The summed E-state index contributed by atoms with van der Waals surface area (Å²) >= 11 is 0. The van der Waals surface area contributed by atoms with Crippen molar-refractivity contribution in [3.8, 4) is 0 Å². The lowest BCUT2D eigenvalue weighted by Crippen LogP contribution is -2.32. The van der Waals surface area contributed by atoms with Crippen LogP contribution in [0.15, 0.2) is 18.2 Å². The molecule has 1 unspecified atom stereocenters. The van der Waals surface area contributed by atoms with Crippen LogP contribution >= 0.6 is 0 Å². The van der Waals surface area contributed by atoms with Crippen LogP contribution in [0.5, 0.6) is 0 Å². The molecule has 0 spiro atoms. The zero-order chi connectivity index (χ0) is 14.1. The second-order valence-corrected chi connectivity index (χ2v) is 6.25. The van der Waals surface area contributed by atoms with Gasteiger partial charge in [-0.1, -0.05) is 12.1 Å². The summed E-state index contributed by atoms with van der Waals surface area (Å²) in [6.45, 7) is 2.64. The summed E-state index contributed by atoms with van der Waals surface area (Å²) in [5, 5.41) is 3.49. The van der Waals surface area contributed by atoms with E-state index < -0.39 is 0 Å². The highest BCUT2D eigenvalue weighted by Gasteiger charge is 2.28. The second-order valence-electron chi connectivity index (χ2n) is 6.25. The lowest BCUT2D eigenvalue weighted by atomic mass is 10.1. The van der Waals surface area contributed by atoms with Gasteiger partial charge in [0.1, 0.15) is 5.82 Å². The van der Waals surface area contributed by atoms with Crippen LogP contribution in [0.3, 0.4) is 0 Å². The molecular formula is C16H24FN3. The quantitative estimate of drug-likeness (QED) is 0.890. The molecule has 3 nitrogen and oxygen atoms in total. The van der Waals surface area contributed by atoms with Gasteiger partial charge < -0.3 is 15.1 Å². The smallest absolute Gasteiger partial charge is 0.146 e. The van der Waals surface area contributed by atoms with E-state index in [0.29, 0.717) is 12.1 Å². The number of rotatable bonds is 5. The Morgan fingerprint density at radius 2 is 2.10 bits per heavy atom. The highest BCUT2D eigenvalue weighted by atomic mass is 19.1. The highest BCUT2D eigenvalue weighted by molar-refractivity contribution is 5.56. The monoisotopic (exact) mass is 277 g/mol. The summed E-state index contributed by atoms with van der Waals surface area (Å²) < 4.78 is 14.3. The van der Waals surface area contributed by atoms with Gasteiger partial charge >= 0.3 is 0 Å². The predicted octanol–water partition coefficient (Wildman–Crippen LogP) is 2.22. The first-order valence-electron chi connectivity index (χ1n) is 7.57. The van der Waals surface area contributed by atoms with Crippen molar-refractivity contribution in [2.24, 2.45) is 0 Å². The molecule has 1 aliphatic carbocycles. The van der Waals surface area contributed by atoms with Gasteiger partial charge in [0.25, 0.3) is 0 Å². The summed E-state index contributed by atoms with van der Waals surface area (Å²) in [6.07, 6.45) is 3.63. The van der Waals surface area contributed by atoms with Crippen LogP contribution in [0.25, 0.3) is 0 Å². The van der Waals surface area contributed by atoms with Gasteiger partial charge in [-0.15, -0.1) is 0 Å². The molecule has 20 heavy (non-hydrogen) atoms. The molecule has 0 radical (unpaired) electrons. The lowest BCUT2D eigenvalue weighted by Gasteiger charge is -2.24. The highest BCUT2D eigenvalue weighted by Crippen LogP contribution is 2.29. The van der Waals surface area contributed by atoms with Crippen LogP contribution in [-0.2, 0) is 6.54 Å². The first-order chi connectivity index (χ1) is 9.65. The maximum Gasteiger partial charge on any atom is 0.146 e. The molecule has 1 aliphatic heterocycles. The van der Waals surface area contributed by atoms with Crippen molar-refractivity contribution in [3.05, 3.63) is 29.6 Å². The molecule has 1 N–H and O–H groups in total. The van der Waals surface area contributed by atoms with Gasteiger partial charge in [-0.05, 0) is 45.0 Å². The molecule has 0 bridgehead atoms. The Bertz CT molecular complexity index is 471. The minimum atomic E-state index is -0.0838. The molecule has 1 aromatic rings. The van der Waals surface area contributed by atoms with Crippen LogP contribution < -0.4 is 10.2 Å². The summed E-state index contributed by atoms with van der Waals surface area (Å²) in [6, 6.07) is 6.64. The second kappa shape index (κ2) is 5.70. The van der Waals surface area contributed by atoms with Crippen molar-refractivity contribution >= 4 is 5.69 Å². The van der Waals surface area contributed by atoms with E-state index in [1.807, 2.05) is 6.07 Å². The zero-order valence-electron chi connectivity index (χ0n) is 12.4. The third-order valence-electron chi connectivity index (χ3n) is 4.44. The maximum absolute atomic E-state index is 14.3. The number of benzene rings is 1. The molecule has 0 amide bonds. The molecule has 3 rings (SSSR count). The van der Waals surface area contributed by atoms with Crippen molar-refractivity contribution in [2.45, 2.75) is 37.9 Å². The predicted molar refractivity (Wildman–Crippen MR) is 80.6 cm³/mol. The Kier molecular flexibility index (Phi) is 3.94. The lowest BCUT2D eigenvalue weighted by molar-refractivity contribution is 0.315. The fourth-order valence-corrected chi connectivity index (χ4v) is 2.96. The summed E-state index contributed by atoms with van der Waals surface area (Å²) in [5.74, 6) is -0.0838. The van der Waals surface area contributed by atoms with Gasteiger partial charge in [-0.2, -0.15) is 0 Å². The van der Waals surface area contributed by atoms with Crippen molar-refractivity contribution in [1.82, 2.24) is 10.2 Å². The van der Waals surface area contributed by atoms with Crippen LogP contribution in [0.4, 0.5) is 10.1 Å². The standard InChI is InChI=1S/C16H24FN3/c1-19(2)14-8-9-20(11-14)16-12(4-3-5-15(16)17)10-18-13-6-7-13/h3-5,13-14,18H,6-11H2,1-2H3. The number of likely N-dealkylation sites (N-methyl/N-ethyl adjacent to an activating group) is 1. The molecule has 2 aliphatic rings. The van der Waals surface area contributed by atoms with E-state index in [9.17, 15) is 4.39 Å². The third kappa shape index (κ3) is 2.96. The molecule has 1 atom stereocenters. The number of halogens is 1. The van der Waals surface area contributed by atoms with Gasteiger partial charge in [-0.3, -0.25) is 0 Å². The summed E-state index contributed by atoms with van der Waals surface area (Å²) in [7, 11) is 4.20. The number of nitrogens with zero attached hydrogens (tertiary/aromatic N) is 2. The van der Waals surface area contributed by atoms with Crippen molar-refractivity contribution in [3.63, 3.8) is 0 Å². The number of para-hydroxylation sites is 1. The first-order valence-corrected chi connectivity index (χ1v) is 7.57. The van der Waals surface area contributed by atoms with Gasteiger partial charge in [0, 0.05) is 31.7 Å². The molecular weight excluding hydrogens is 253 g/mol. The summed E-state index contributed by atoms with van der Waals surface area (Å²) in [5.41, 5.74) is 1.90. The molecule has 1 heterocycles. The molecule has 110 valence electrons. The van der Waals surface area contributed by atoms with E-state index in [-0.39, 0.29) is 5.82 Å². The molecule has 0 aromatic heterocycles. The number of hydrogen-bond donors (Lipinski definition) is 1. The maximum atomic E-state index is 14.3. The fraction of sp³-hybridized carbons (Fsp3) is 0.625. The Morgan fingerprint density at radius 3 is 2.75 bits per heavy atom. The average molecular weight is 277 g/mol. The van der Waals surface area contributed by atoms with Crippen LogP contribution in [0, 0.1) is 5.82 Å². The third-order valence-corrected chi connectivity index (χ3v) is 4.44. The van der Waals surface area contributed by atoms with Crippen LogP contribution in [0.1, 0.15) is 24.8 Å².